The summed E-state index contributed by atoms with van der Waals surface area (Å²) in [5, 5.41) is 9.82. The van der Waals surface area contributed by atoms with E-state index in [1.54, 1.807) is 24.3 Å². The van der Waals surface area contributed by atoms with E-state index in [0.717, 1.165) is 0 Å². The van der Waals surface area contributed by atoms with Crippen LogP contribution in [0.1, 0.15) is 12.0 Å². The number of aromatic hydroxyl groups is 1. The van der Waals surface area contributed by atoms with Crippen LogP contribution in [0.3, 0.4) is 0 Å². The Bertz CT molecular complexity index is 906. The average molecular weight is 369 g/mol. The van der Waals surface area contributed by atoms with Crippen molar-refractivity contribution >= 4 is 34.9 Å². The minimum atomic E-state index is -0.377. The molecule has 0 radical (unpaired) electrons. The molecule has 132 valence electrons. The van der Waals surface area contributed by atoms with Crippen molar-refractivity contribution in [1.29, 1.82) is 0 Å². The molecule has 1 amide bonds. The maximum absolute atomic E-state index is 13.1. The van der Waals surface area contributed by atoms with E-state index in [1.807, 2.05) is 0 Å². The third-order valence-corrected chi connectivity index (χ3v) is 4.16. The molecule has 1 heterocycles. The van der Waals surface area contributed by atoms with Crippen LogP contribution in [0.15, 0.2) is 60.7 Å². The summed E-state index contributed by atoms with van der Waals surface area (Å²) in [5.74, 6) is -0.306. The summed E-state index contributed by atoms with van der Waals surface area (Å²) < 4.78 is 18.5. The Morgan fingerprint density at radius 1 is 1.27 bits per heavy atom. The lowest BCUT2D eigenvalue weighted by Gasteiger charge is -2.15. The SMILES string of the molecule is C=CCOc1cc(/C=C2\CC(=S)N(c3ccc(F)cc3)C2=O)ccc1O. The zero-order valence-corrected chi connectivity index (χ0v) is 14.6. The van der Waals surface area contributed by atoms with Gasteiger partial charge in [0.1, 0.15) is 12.4 Å². The first kappa shape index (κ1) is 17.8. The second kappa shape index (κ2) is 7.49. The van der Waals surface area contributed by atoms with Gasteiger partial charge in [-0.1, -0.05) is 30.9 Å². The van der Waals surface area contributed by atoms with E-state index in [2.05, 4.69) is 6.58 Å². The molecule has 1 saturated heterocycles. The lowest BCUT2D eigenvalue weighted by atomic mass is 10.1. The van der Waals surface area contributed by atoms with Gasteiger partial charge in [-0.15, -0.1) is 0 Å². The Morgan fingerprint density at radius 3 is 2.69 bits per heavy atom. The van der Waals surface area contributed by atoms with Crippen molar-refractivity contribution in [2.45, 2.75) is 6.42 Å². The molecule has 2 aromatic carbocycles. The zero-order chi connectivity index (χ0) is 18.7. The summed E-state index contributed by atoms with van der Waals surface area (Å²) in [6, 6.07) is 10.4. The summed E-state index contributed by atoms with van der Waals surface area (Å²) in [5.41, 5.74) is 1.75. The van der Waals surface area contributed by atoms with Crippen molar-refractivity contribution in [2.24, 2.45) is 0 Å². The molecule has 1 aliphatic rings. The van der Waals surface area contributed by atoms with Crippen molar-refractivity contribution in [3.05, 3.63) is 72.1 Å². The summed E-state index contributed by atoms with van der Waals surface area (Å²) >= 11 is 5.32. The van der Waals surface area contributed by atoms with Gasteiger partial charge in [0.15, 0.2) is 11.5 Å². The second-order valence-corrected chi connectivity index (χ2v) is 6.16. The highest BCUT2D eigenvalue weighted by Gasteiger charge is 2.32. The summed E-state index contributed by atoms with van der Waals surface area (Å²) in [6.45, 7) is 3.82. The molecule has 3 rings (SSSR count). The van der Waals surface area contributed by atoms with Crippen molar-refractivity contribution in [3.63, 3.8) is 0 Å². The van der Waals surface area contributed by atoms with Gasteiger partial charge in [0, 0.05) is 17.7 Å². The predicted octanol–water partition coefficient (Wildman–Crippen LogP) is 4.24. The topological polar surface area (TPSA) is 49.8 Å². The standard InChI is InChI=1S/C20H16FNO3S/c1-2-9-25-18-11-13(3-8-17(18)23)10-14-12-19(26)22(20(14)24)16-6-4-15(21)5-7-16/h2-8,10-11,23H,1,9,12H2/b14-10+. The fourth-order valence-electron chi connectivity index (χ4n) is 2.62. The number of carbonyl (C=O) groups excluding carboxylic acids is 1. The molecular formula is C20H16FNO3S. The summed E-state index contributed by atoms with van der Waals surface area (Å²) in [4.78, 5) is 14.6. The summed E-state index contributed by atoms with van der Waals surface area (Å²) in [6.07, 6.45) is 3.59. The lowest BCUT2D eigenvalue weighted by Crippen LogP contribution is -2.27. The normalized spacial score (nSPS) is 15.6. The number of phenolic OH excluding ortho intramolecular Hbond substituents is 1. The number of rotatable bonds is 5. The van der Waals surface area contributed by atoms with E-state index >= 15 is 0 Å². The van der Waals surface area contributed by atoms with E-state index in [1.165, 1.54) is 35.2 Å². The zero-order valence-electron chi connectivity index (χ0n) is 13.8. The average Bonchev–Trinajstić information content (AvgIpc) is 2.90. The lowest BCUT2D eigenvalue weighted by molar-refractivity contribution is -0.113. The van der Waals surface area contributed by atoms with Gasteiger partial charge in [-0.05, 0) is 48.0 Å². The van der Waals surface area contributed by atoms with Crippen LogP contribution in [-0.4, -0.2) is 22.6 Å². The molecule has 4 nitrogen and oxygen atoms in total. The number of anilines is 1. The second-order valence-electron chi connectivity index (χ2n) is 5.68. The minimum Gasteiger partial charge on any atom is -0.504 e. The third-order valence-electron chi connectivity index (χ3n) is 3.84. The predicted molar refractivity (Wildman–Crippen MR) is 103 cm³/mol. The van der Waals surface area contributed by atoms with Gasteiger partial charge in [0.25, 0.3) is 5.91 Å². The Kier molecular flexibility index (Phi) is 5.14. The number of amides is 1. The maximum atomic E-state index is 13.1. The molecule has 1 fully saturated rings. The number of nitrogens with zero attached hydrogens (tertiary/aromatic N) is 1. The first-order valence-electron chi connectivity index (χ1n) is 7.89. The highest BCUT2D eigenvalue weighted by molar-refractivity contribution is 7.80. The molecule has 1 aliphatic heterocycles. The molecule has 0 bridgehead atoms. The number of ether oxygens (including phenoxy) is 1. The van der Waals surface area contributed by atoms with Crippen molar-refractivity contribution in [3.8, 4) is 11.5 Å². The van der Waals surface area contributed by atoms with E-state index in [0.29, 0.717) is 34.0 Å². The Hall–Kier alpha value is -2.99. The quantitative estimate of drug-likeness (QED) is 0.486. The van der Waals surface area contributed by atoms with Crippen LogP contribution in [0, 0.1) is 5.82 Å². The van der Waals surface area contributed by atoms with Gasteiger partial charge < -0.3 is 9.84 Å². The number of carbonyl (C=O) groups is 1. The number of halogens is 1. The van der Waals surface area contributed by atoms with Gasteiger partial charge in [-0.25, -0.2) is 4.39 Å². The fourth-order valence-corrected chi connectivity index (χ4v) is 2.97. The largest absolute Gasteiger partial charge is 0.504 e. The number of phenols is 1. The van der Waals surface area contributed by atoms with Crippen LogP contribution in [0.2, 0.25) is 0 Å². The molecule has 0 spiro atoms. The van der Waals surface area contributed by atoms with E-state index < -0.39 is 0 Å². The van der Waals surface area contributed by atoms with Gasteiger partial charge in [-0.3, -0.25) is 9.69 Å². The molecule has 0 atom stereocenters. The van der Waals surface area contributed by atoms with Gasteiger partial charge in [0.2, 0.25) is 0 Å². The molecular weight excluding hydrogens is 353 g/mol. The van der Waals surface area contributed by atoms with Gasteiger partial charge in [-0.2, -0.15) is 0 Å². The van der Waals surface area contributed by atoms with Crippen molar-refractivity contribution in [1.82, 2.24) is 0 Å². The third kappa shape index (κ3) is 3.65. The number of hydrogen-bond donors (Lipinski definition) is 1. The van der Waals surface area contributed by atoms with Crippen molar-refractivity contribution in [2.75, 3.05) is 11.5 Å². The highest BCUT2D eigenvalue weighted by atomic mass is 32.1. The minimum absolute atomic E-state index is 0.00945. The van der Waals surface area contributed by atoms with Crippen LogP contribution in [-0.2, 0) is 4.79 Å². The van der Waals surface area contributed by atoms with E-state index in [9.17, 15) is 14.3 Å². The number of hydrogen-bond acceptors (Lipinski definition) is 4. The smallest absolute Gasteiger partial charge is 0.259 e. The first-order chi connectivity index (χ1) is 12.5. The van der Waals surface area contributed by atoms with Crippen LogP contribution in [0.5, 0.6) is 11.5 Å². The number of benzene rings is 2. The van der Waals surface area contributed by atoms with E-state index in [4.69, 9.17) is 17.0 Å². The Labute approximate surface area is 155 Å². The van der Waals surface area contributed by atoms with Crippen LogP contribution < -0.4 is 9.64 Å². The molecule has 1 N–H and O–H groups in total. The van der Waals surface area contributed by atoms with Crippen LogP contribution in [0.25, 0.3) is 6.08 Å². The Balaban J connectivity index is 1.88. The fraction of sp³-hybridized carbons (Fsp3) is 0.100. The van der Waals surface area contributed by atoms with Crippen LogP contribution >= 0.6 is 12.2 Å². The van der Waals surface area contributed by atoms with Gasteiger partial charge >= 0.3 is 0 Å². The molecule has 0 aliphatic carbocycles. The number of thiocarbonyl (C=S) groups is 1. The molecule has 6 heteroatoms. The first-order valence-corrected chi connectivity index (χ1v) is 8.30. The highest BCUT2D eigenvalue weighted by Crippen LogP contribution is 2.31. The molecule has 0 saturated carbocycles. The van der Waals surface area contributed by atoms with Crippen molar-refractivity contribution < 1.29 is 19.0 Å². The van der Waals surface area contributed by atoms with E-state index in [-0.39, 0.29) is 24.1 Å². The summed E-state index contributed by atoms with van der Waals surface area (Å²) in [7, 11) is 0. The Morgan fingerprint density at radius 2 is 2.00 bits per heavy atom. The molecule has 2 aromatic rings. The molecule has 0 unspecified atom stereocenters. The monoisotopic (exact) mass is 369 g/mol. The van der Waals surface area contributed by atoms with Gasteiger partial charge in [0.05, 0.1) is 4.99 Å². The molecule has 26 heavy (non-hydrogen) atoms. The van der Waals surface area contributed by atoms with Crippen LogP contribution in [0.4, 0.5) is 10.1 Å². The maximum Gasteiger partial charge on any atom is 0.259 e. The molecule has 0 aromatic heterocycles.